The van der Waals surface area contributed by atoms with E-state index in [1.807, 2.05) is 6.07 Å². The van der Waals surface area contributed by atoms with Gasteiger partial charge in [-0.25, -0.2) is 8.42 Å². The van der Waals surface area contributed by atoms with E-state index in [1.165, 1.54) is 28.3 Å². The van der Waals surface area contributed by atoms with Crippen molar-refractivity contribution >= 4 is 15.9 Å². The molecule has 0 fully saturated rings. The van der Waals surface area contributed by atoms with Crippen molar-refractivity contribution in [3.05, 3.63) is 29.8 Å². The van der Waals surface area contributed by atoms with Gasteiger partial charge in [-0.3, -0.25) is 14.2 Å². The molecule has 0 saturated carbocycles. The summed E-state index contributed by atoms with van der Waals surface area (Å²) >= 11 is 0. The average molecular weight is 338 g/mol. The lowest BCUT2D eigenvalue weighted by atomic mass is 10.3. The molecule has 0 aliphatic carbocycles. The van der Waals surface area contributed by atoms with E-state index < -0.39 is 10.0 Å². The Morgan fingerprint density at radius 1 is 1.39 bits per heavy atom. The third-order valence-corrected chi connectivity index (χ3v) is 5.45. The number of fused-ring (bicyclic) bond motifs is 1. The van der Waals surface area contributed by atoms with E-state index in [9.17, 15) is 13.2 Å². The molecule has 1 N–H and O–H groups in total. The van der Waals surface area contributed by atoms with Gasteiger partial charge in [0.25, 0.3) is 0 Å². The Balaban J connectivity index is 1.78. The quantitative estimate of drug-likeness (QED) is 0.806. The summed E-state index contributed by atoms with van der Waals surface area (Å²) in [5.41, 5.74) is 1.53. The van der Waals surface area contributed by atoms with Crippen LogP contribution in [0.2, 0.25) is 0 Å². The number of hydrogen-bond donors (Lipinski definition) is 1. The Morgan fingerprint density at radius 3 is 2.83 bits per heavy atom. The summed E-state index contributed by atoms with van der Waals surface area (Å²) in [6, 6.07) is 1.82. The number of carbonyl (C=O) groups is 1. The molecular weight excluding hydrogens is 320 g/mol. The van der Waals surface area contributed by atoms with Gasteiger partial charge in [0.1, 0.15) is 4.90 Å². The molecule has 0 spiro atoms. The largest absolute Gasteiger partial charge is 0.351 e. The molecule has 10 heteroatoms. The Kier molecular flexibility index (Phi) is 3.94. The highest BCUT2D eigenvalue weighted by Gasteiger charge is 2.30. The van der Waals surface area contributed by atoms with Gasteiger partial charge in [-0.2, -0.15) is 14.5 Å². The van der Waals surface area contributed by atoms with Gasteiger partial charge in [0, 0.05) is 26.7 Å². The number of nitrogens with zero attached hydrogens (tertiary/aromatic N) is 5. The van der Waals surface area contributed by atoms with Crippen molar-refractivity contribution in [3.8, 4) is 0 Å². The minimum Gasteiger partial charge on any atom is -0.351 e. The molecule has 2 aromatic heterocycles. The highest BCUT2D eigenvalue weighted by atomic mass is 32.2. The van der Waals surface area contributed by atoms with Crippen molar-refractivity contribution in [2.75, 3.05) is 6.54 Å². The maximum atomic E-state index is 12.6. The van der Waals surface area contributed by atoms with Gasteiger partial charge < -0.3 is 5.32 Å². The molecule has 2 aromatic rings. The van der Waals surface area contributed by atoms with Crippen molar-refractivity contribution in [1.82, 2.24) is 29.2 Å². The smallest absolute Gasteiger partial charge is 0.246 e. The summed E-state index contributed by atoms with van der Waals surface area (Å²) in [5.74, 6) is -0.128. The van der Waals surface area contributed by atoms with Crippen LogP contribution in [0.3, 0.4) is 0 Å². The number of carbonyl (C=O) groups excluding carboxylic acids is 1. The summed E-state index contributed by atoms with van der Waals surface area (Å²) in [4.78, 5) is 11.1. The molecule has 0 bridgehead atoms. The molecule has 0 atom stereocenters. The monoisotopic (exact) mass is 338 g/mol. The molecule has 0 aromatic carbocycles. The van der Waals surface area contributed by atoms with Crippen LogP contribution in [0.25, 0.3) is 0 Å². The fourth-order valence-corrected chi connectivity index (χ4v) is 3.88. The van der Waals surface area contributed by atoms with Crippen molar-refractivity contribution in [2.45, 2.75) is 31.5 Å². The molecular formula is C13H18N6O3S. The normalized spacial score (nSPS) is 15.4. The van der Waals surface area contributed by atoms with Crippen LogP contribution in [0, 0.1) is 0 Å². The number of nitrogens with one attached hydrogen (secondary N) is 1. The first-order valence-corrected chi connectivity index (χ1v) is 8.59. The second-order valence-electron chi connectivity index (χ2n) is 5.45. The Bertz CT molecular complexity index is 838. The van der Waals surface area contributed by atoms with E-state index in [0.717, 1.165) is 11.4 Å². The molecule has 3 rings (SSSR count). The summed E-state index contributed by atoms with van der Waals surface area (Å²) in [6.07, 6.45) is 2.84. The van der Waals surface area contributed by atoms with Crippen LogP contribution in [0.15, 0.2) is 23.4 Å². The first-order valence-electron chi connectivity index (χ1n) is 7.15. The first kappa shape index (κ1) is 15.7. The predicted octanol–water partition coefficient (Wildman–Crippen LogP) is -0.543. The van der Waals surface area contributed by atoms with Crippen LogP contribution in [0.1, 0.15) is 18.3 Å². The van der Waals surface area contributed by atoms with Gasteiger partial charge in [0.15, 0.2) is 0 Å². The zero-order chi connectivity index (χ0) is 16.6. The van der Waals surface area contributed by atoms with Crippen LogP contribution in [-0.2, 0) is 41.5 Å². The lowest BCUT2D eigenvalue weighted by Gasteiger charge is -2.26. The van der Waals surface area contributed by atoms with Gasteiger partial charge in [-0.15, -0.1) is 0 Å². The van der Waals surface area contributed by atoms with E-state index >= 15 is 0 Å². The standard InChI is InChI=1S/C13H18N6O3S/c1-10(20)14-6-11-5-12-8-18(3-4-19(12)16-11)23(21,22)13-7-15-17(2)9-13/h5,7,9H,3-4,6,8H2,1-2H3,(H,14,20). The summed E-state index contributed by atoms with van der Waals surface area (Å²) < 4.78 is 29.9. The molecule has 3 heterocycles. The highest BCUT2D eigenvalue weighted by Crippen LogP contribution is 2.21. The number of sulfonamides is 1. The number of rotatable bonds is 4. The van der Waals surface area contributed by atoms with Crippen LogP contribution in [0.5, 0.6) is 0 Å². The zero-order valence-corrected chi connectivity index (χ0v) is 13.7. The molecule has 1 aliphatic rings. The molecule has 0 unspecified atom stereocenters. The third kappa shape index (κ3) is 3.13. The third-order valence-electron chi connectivity index (χ3n) is 3.65. The number of aromatic nitrogens is 4. The van der Waals surface area contributed by atoms with E-state index in [-0.39, 0.29) is 17.3 Å². The Morgan fingerprint density at radius 2 is 2.17 bits per heavy atom. The van der Waals surface area contributed by atoms with Gasteiger partial charge in [-0.05, 0) is 6.07 Å². The maximum absolute atomic E-state index is 12.6. The van der Waals surface area contributed by atoms with Crippen molar-refractivity contribution in [3.63, 3.8) is 0 Å². The van der Waals surface area contributed by atoms with Crippen molar-refractivity contribution < 1.29 is 13.2 Å². The molecule has 0 saturated heterocycles. The lowest BCUT2D eigenvalue weighted by Crippen LogP contribution is -2.38. The minimum atomic E-state index is -3.56. The van der Waals surface area contributed by atoms with Crippen LogP contribution >= 0.6 is 0 Å². The van der Waals surface area contributed by atoms with Gasteiger partial charge in [-0.1, -0.05) is 0 Å². The van der Waals surface area contributed by atoms with Crippen LogP contribution in [-0.4, -0.2) is 44.7 Å². The Labute approximate surface area is 133 Å². The van der Waals surface area contributed by atoms with Crippen molar-refractivity contribution in [2.24, 2.45) is 7.05 Å². The van der Waals surface area contributed by atoms with E-state index in [2.05, 4.69) is 15.5 Å². The van der Waals surface area contributed by atoms with Gasteiger partial charge in [0.2, 0.25) is 15.9 Å². The van der Waals surface area contributed by atoms with E-state index in [0.29, 0.717) is 19.6 Å². The first-order chi connectivity index (χ1) is 10.9. The van der Waals surface area contributed by atoms with Crippen molar-refractivity contribution in [1.29, 1.82) is 0 Å². The molecule has 1 amide bonds. The van der Waals surface area contributed by atoms with E-state index in [1.54, 1.807) is 11.7 Å². The minimum absolute atomic E-state index is 0.128. The second-order valence-corrected chi connectivity index (χ2v) is 7.39. The summed E-state index contributed by atoms with van der Waals surface area (Å²) in [5, 5.41) is 11.0. The van der Waals surface area contributed by atoms with Crippen LogP contribution in [0.4, 0.5) is 0 Å². The number of aryl methyl sites for hydroxylation is 1. The fourth-order valence-electron chi connectivity index (χ4n) is 2.49. The molecule has 9 nitrogen and oxygen atoms in total. The second kappa shape index (κ2) is 5.78. The fraction of sp³-hybridized carbons (Fsp3) is 0.462. The molecule has 124 valence electrons. The Hall–Kier alpha value is -2.20. The highest BCUT2D eigenvalue weighted by molar-refractivity contribution is 7.89. The topological polar surface area (TPSA) is 102 Å². The summed E-state index contributed by atoms with van der Waals surface area (Å²) in [6.45, 7) is 2.87. The zero-order valence-electron chi connectivity index (χ0n) is 12.9. The average Bonchev–Trinajstić information content (AvgIpc) is 3.10. The lowest BCUT2D eigenvalue weighted by molar-refractivity contribution is -0.119. The van der Waals surface area contributed by atoms with Gasteiger partial charge >= 0.3 is 0 Å². The van der Waals surface area contributed by atoms with Gasteiger partial charge in [0.05, 0.1) is 37.2 Å². The molecule has 0 radical (unpaired) electrons. The number of hydrogen-bond acceptors (Lipinski definition) is 5. The number of amides is 1. The maximum Gasteiger partial charge on any atom is 0.246 e. The SMILES string of the molecule is CC(=O)NCc1cc2n(n1)CCN(S(=O)(=O)c1cnn(C)c1)C2. The molecule has 23 heavy (non-hydrogen) atoms. The van der Waals surface area contributed by atoms with E-state index in [4.69, 9.17) is 0 Å². The van der Waals surface area contributed by atoms with Crippen LogP contribution < -0.4 is 5.32 Å². The summed E-state index contributed by atoms with van der Waals surface area (Å²) in [7, 11) is -1.88. The predicted molar refractivity (Wildman–Crippen MR) is 80.6 cm³/mol. The molecule has 1 aliphatic heterocycles.